The second kappa shape index (κ2) is 7.29. The van der Waals surface area contributed by atoms with Crippen molar-refractivity contribution in [3.05, 3.63) is 35.4 Å². The van der Waals surface area contributed by atoms with Gasteiger partial charge in [-0.2, -0.15) is 0 Å². The first-order valence-corrected chi connectivity index (χ1v) is 7.48. The Bertz CT molecular complexity index is 447. The van der Waals surface area contributed by atoms with Crippen LogP contribution in [0.25, 0.3) is 0 Å². The second-order valence-corrected chi connectivity index (χ2v) is 6.10. The van der Waals surface area contributed by atoms with Gasteiger partial charge in [-0.3, -0.25) is 4.90 Å². The van der Waals surface area contributed by atoms with E-state index in [1.165, 1.54) is 25.0 Å². The monoisotopic (exact) mass is 298 g/mol. The van der Waals surface area contributed by atoms with Crippen molar-refractivity contribution in [2.45, 2.75) is 31.4 Å². The van der Waals surface area contributed by atoms with Gasteiger partial charge in [-0.05, 0) is 57.6 Å². The molecule has 1 aliphatic heterocycles. The van der Waals surface area contributed by atoms with Crippen LogP contribution in [-0.4, -0.2) is 54.7 Å². The van der Waals surface area contributed by atoms with Crippen LogP contribution in [-0.2, 0) is 0 Å². The summed E-state index contributed by atoms with van der Waals surface area (Å²) in [5.41, 5.74) is 0.316. The Hall–Kier alpha value is -1.04. The van der Waals surface area contributed by atoms with Crippen molar-refractivity contribution in [2.24, 2.45) is 0 Å². The van der Waals surface area contributed by atoms with Crippen LogP contribution in [0, 0.1) is 11.6 Å². The molecular weight excluding hydrogens is 274 g/mol. The van der Waals surface area contributed by atoms with Crippen LogP contribution in [0.4, 0.5) is 8.78 Å². The van der Waals surface area contributed by atoms with Crippen molar-refractivity contribution in [3.8, 4) is 0 Å². The highest BCUT2D eigenvalue weighted by atomic mass is 19.1. The second-order valence-electron chi connectivity index (χ2n) is 6.10. The van der Waals surface area contributed by atoms with E-state index in [4.69, 9.17) is 0 Å². The molecule has 5 heteroatoms. The molecule has 0 radical (unpaired) electrons. The molecule has 21 heavy (non-hydrogen) atoms. The number of aliphatic hydroxyl groups is 1. The normalized spacial score (nSPS) is 21.1. The molecule has 118 valence electrons. The summed E-state index contributed by atoms with van der Waals surface area (Å²) in [6, 6.07) is 3.74. The molecular formula is C16H24F2N2O. The molecule has 2 rings (SSSR count). The number of aliphatic hydroxyl groups excluding tert-OH is 1. The lowest BCUT2D eigenvalue weighted by molar-refractivity contribution is 0.130. The molecule has 3 nitrogen and oxygen atoms in total. The lowest BCUT2D eigenvalue weighted by Gasteiger charge is -2.27. The van der Waals surface area contributed by atoms with Gasteiger partial charge in [0.2, 0.25) is 0 Å². The summed E-state index contributed by atoms with van der Waals surface area (Å²) in [5, 5.41) is 10.1. The minimum absolute atomic E-state index is 0.316. The first-order chi connectivity index (χ1) is 9.95. The Morgan fingerprint density at radius 2 is 1.95 bits per heavy atom. The van der Waals surface area contributed by atoms with Gasteiger partial charge >= 0.3 is 0 Å². The molecule has 0 aliphatic carbocycles. The average molecular weight is 298 g/mol. The lowest BCUT2D eigenvalue weighted by atomic mass is 10.1. The van der Waals surface area contributed by atoms with Gasteiger partial charge in [0, 0.05) is 25.2 Å². The summed E-state index contributed by atoms with van der Waals surface area (Å²) in [6.45, 7) is 2.78. The van der Waals surface area contributed by atoms with Crippen LogP contribution in [0.2, 0.25) is 0 Å². The molecule has 0 aromatic heterocycles. The zero-order chi connectivity index (χ0) is 15.4. The van der Waals surface area contributed by atoms with Crippen molar-refractivity contribution in [2.75, 3.05) is 33.7 Å². The van der Waals surface area contributed by atoms with E-state index in [0.29, 0.717) is 18.0 Å². The fraction of sp³-hybridized carbons (Fsp3) is 0.625. The standard InChI is InChI=1S/C16H24F2N2O/c1-19(2)11-15-4-3-6-20(15)7-5-16(21)12-8-13(17)10-14(18)9-12/h8-10,15-16,21H,3-7,11H2,1-2H3. The highest BCUT2D eigenvalue weighted by Crippen LogP contribution is 2.23. The number of benzene rings is 1. The highest BCUT2D eigenvalue weighted by Gasteiger charge is 2.25. The summed E-state index contributed by atoms with van der Waals surface area (Å²) in [7, 11) is 4.11. The molecule has 1 N–H and O–H groups in total. The smallest absolute Gasteiger partial charge is 0.126 e. The zero-order valence-corrected chi connectivity index (χ0v) is 12.7. The summed E-state index contributed by atoms with van der Waals surface area (Å²) in [6.07, 6.45) is 2.01. The van der Waals surface area contributed by atoms with Gasteiger partial charge in [0.05, 0.1) is 6.10 Å². The van der Waals surface area contributed by atoms with Crippen molar-refractivity contribution in [1.29, 1.82) is 0 Å². The van der Waals surface area contributed by atoms with E-state index < -0.39 is 17.7 Å². The Labute approximate surface area is 125 Å². The maximum Gasteiger partial charge on any atom is 0.126 e. The van der Waals surface area contributed by atoms with Gasteiger partial charge < -0.3 is 10.0 Å². The molecule has 1 aromatic rings. The molecule has 0 bridgehead atoms. The number of nitrogens with zero attached hydrogens (tertiary/aromatic N) is 2. The van der Waals surface area contributed by atoms with Crippen molar-refractivity contribution in [3.63, 3.8) is 0 Å². The predicted molar refractivity (Wildman–Crippen MR) is 79.1 cm³/mol. The van der Waals surface area contributed by atoms with E-state index in [-0.39, 0.29) is 0 Å². The molecule has 1 fully saturated rings. The third-order valence-electron chi connectivity index (χ3n) is 4.03. The van der Waals surface area contributed by atoms with Crippen molar-refractivity contribution < 1.29 is 13.9 Å². The number of likely N-dealkylation sites (N-methyl/N-ethyl adjacent to an activating group) is 1. The van der Waals surface area contributed by atoms with Crippen LogP contribution < -0.4 is 0 Å². The van der Waals surface area contributed by atoms with Crippen LogP contribution >= 0.6 is 0 Å². The summed E-state index contributed by atoms with van der Waals surface area (Å²) < 4.78 is 26.3. The Morgan fingerprint density at radius 3 is 2.57 bits per heavy atom. The van der Waals surface area contributed by atoms with Gasteiger partial charge in [0.1, 0.15) is 11.6 Å². The number of halogens is 2. The Balaban J connectivity index is 1.89. The Morgan fingerprint density at radius 1 is 1.29 bits per heavy atom. The van der Waals surface area contributed by atoms with E-state index in [0.717, 1.165) is 25.7 Å². The minimum Gasteiger partial charge on any atom is -0.388 e. The van der Waals surface area contributed by atoms with E-state index in [2.05, 4.69) is 23.9 Å². The molecule has 1 aliphatic rings. The van der Waals surface area contributed by atoms with E-state index in [1.54, 1.807) is 0 Å². The molecule has 1 heterocycles. The van der Waals surface area contributed by atoms with Crippen LogP contribution in [0.1, 0.15) is 30.9 Å². The first kappa shape index (κ1) is 16.3. The van der Waals surface area contributed by atoms with Crippen molar-refractivity contribution in [1.82, 2.24) is 9.80 Å². The summed E-state index contributed by atoms with van der Waals surface area (Å²) in [5.74, 6) is -1.29. The summed E-state index contributed by atoms with van der Waals surface area (Å²) in [4.78, 5) is 4.53. The molecule has 1 aromatic carbocycles. The highest BCUT2D eigenvalue weighted by molar-refractivity contribution is 5.20. The largest absolute Gasteiger partial charge is 0.388 e. The van der Waals surface area contributed by atoms with Crippen LogP contribution in [0.5, 0.6) is 0 Å². The maximum atomic E-state index is 13.2. The summed E-state index contributed by atoms with van der Waals surface area (Å²) >= 11 is 0. The van der Waals surface area contributed by atoms with E-state index in [9.17, 15) is 13.9 Å². The quantitative estimate of drug-likeness (QED) is 0.874. The van der Waals surface area contributed by atoms with Gasteiger partial charge in [0.15, 0.2) is 0 Å². The topological polar surface area (TPSA) is 26.7 Å². The van der Waals surface area contributed by atoms with Crippen LogP contribution in [0.15, 0.2) is 18.2 Å². The molecule has 1 saturated heterocycles. The maximum absolute atomic E-state index is 13.2. The molecule has 0 saturated carbocycles. The van der Waals surface area contributed by atoms with Crippen LogP contribution in [0.3, 0.4) is 0 Å². The SMILES string of the molecule is CN(C)CC1CCCN1CCC(O)c1cc(F)cc(F)c1. The predicted octanol–water partition coefficient (Wildman–Crippen LogP) is 2.41. The van der Waals surface area contributed by atoms with Gasteiger partial charge in [0.25, 0.3) is 0 Å². The third-order valence-corrected chi connectivity index (χ3v) is 4.03. The first-order valence-electron chi connectivity index (χ1n) is 7.48. The molecule has 0 amide bonds. The van der Waals surface area contributed by atoms with Gasteiger partial charge in [-0.25, -0.2) is 8.78 Å². The molecule has 2 unspecified atom stereocenters. The fourth-order valence-electron chi connectivity index (χ4n) is 3.04. The molecule has 0 spiro atoms. The third kappa shape index (κ3) is 4.73. The van der Waals surface area contributed by atoms with Crippen molar-refractivity contribution >= 4 is 0 Å². The number of rotatable bonds is 6. The van der Waals surface area contributed by atoms with E-state index in [1.807, 2.05) is 0 Å². The average Bonchev–Trinajstić information content (AvgIpc) is 2.81. The number of likely N-dealkylation sites (tertiary alicyclic amines) is 1. The lowest BCUT2D eigenvalue weighted by Crippen LogP contribution is -2.38. The fourth-order valence-corrected chi connectivity index (χ4v) is 3.04. The van der Waals surface area contributed by atoms with Gasteiger partial charge in [-0.15, -0.1) is 0 Å². The minimum atomic E-state index is -0.823. The molecule has 2 atom stereocenters. The number of hydrogen-bond acceptors (Lipinski definition) is 3. The number of hydrogen-bond donors (Lipinski definition) is 1. The Kier molecular flexibility index (Phi) is 5.67. The van der Waals surface area contributed by atoms with Gasteiger partial charge in [-0.1, -0.05) is 0 Å². The van der Waals surface area contributed by atoms with E-state index >= 15 is 0 Å². The zero-order valence-electron chi connectivity index (χ0n) is 12.7.